The summed E-state index contributed by atoms with van der Waals surface area (Å²) in [6.45, 7) is 2.28. The van der Waals surface area contributed by atoms with E-state index >= 15 is 0 Å². The first-order valence-electron chi connectivity index (χ1n) is 7.28. The predicted molar refractivity (Wildman–Crippen MR) is 79.5 cm³/mol. The average molecular weight is 289 g/mol. The van der Waals surface area contributed by atoms with E-state index in [2.05, 4.69) is 21.9 Å². The minimum absolute atomic E-state index is 0.0998. The Morgan fingerprint density at radius 2 is 2.24 bits per heavy atom. The zero-order valence-corrected chi connectivity index (χ0v) is 12.3. The van der Waals surface area contributed by atoms with Crippen LogP contribution in [0.1, 0.15) is 32.6 Å². The van der Waals surface area contributed by atoms with Gasteiger partial charge in [0.15, 0.2) is 5.82 Å². The summed E-state index contributed by atoms with van der Waals surface area (Å²) in [7, 11) is 2.01. The quantitative estimate of drug-likeness (QED) is 0.641. The smallest absolute Gasteiger partial charge is 0.358 e. The maximum Gasteiger partial charge on any atom is 0.368 e. The van der Waals surface area contributed by atoms with Gasteiger partial charge in [0.05, 0.1) is 0 Å². The van der Waals surface area contributed by atoms with Crippen LogP contribution in [0.15, 0.2) is 18.3 Å². The number of nitro groups is 1. The molecule has 2 aromatic heterocycles. The zero-order valence-electron chi connectivity index (χ0n) is 12.3. The third-order valence-corrected chi connectivity index (χ3v) is 4.34. The number of imidazole rings is 1. The van der Waals surface area contributed by atoms with E-state index in [1.807, 2.05) is 13.1 Å². The van der Waals surface area contributed by atoms with Crippen LogP contribution >= 0.6 is 0 Å². The molecule has 0 bridgehead atoms. The molecule has 0 N–H and O–H groups in total. The molecule has 0 saturated heterocycles. The van der Waals surface area contributed by atoms with Crippen LogP contribution in [0.3, 0.4) is 0 Å². The SMILES string of the molecule is CC1CCCC(N(C)c2ccc3ncc([N+](=O)[O-])n3n2)C1. The number of rotatable bonds is 3. The molecule has 7 nitrogen and oxygen atoms in total. The second kappa shape index (κ2) is 5.31. The number of aromatic nitrogens is 3. The summed E-state index contributed by atoms with van der Waals surface area (Å²) in [6.07, 6.45) is 6.04. The van der Waals surface area contributed by atoms with Crippen molar-refractivity contribution >= 4 is 17.3 Å². The normalized spacial score (nSPS) is 22.4. The van der Waals surface area contributed by atoms with Gasteiger partial charge in [0.25, 0.3) is 0 Å². The van der Waals surface area contributed by atoms with Gasteiger partial charge in [-0.25, -0.2) is 4.98 Å². The average Bonchev–Trinajstić information content (AvgIpc) is 2.89. The molecule has 1 aliphatic carbocycles. The Hall–Kier alpha value is -2.18. The van der Waals surface area contributed by atoms with Crippen LogP contribution in [0.4, 0.5) is 11.6 Å². The van der Waals surface area contributed by atoms with Gasteiger partial charge in [-0.05, 0) is 29.7 Å². The number of fused-ring (bicyclic) bond motifs is 1. The Bertz CT molecular complexity index is 668. The molecule has 21 heavy (non-hydrogen) atoms. The van der Waals surface area contributed by atoms with Crippen molar-refractivity contribution in [3.8, 4) is 0 Å². The van der Waals surface area contributed by atoms with Crippen LogP contribution in [0.25, 0.3) is 5.65 Å². The van der Waals surface area contributed by atoms with E-state index in [4.69, 9.17) is 0 Å². The first-order valence-corrected chi connectivity index (χ1v) is 7.28. The first kappa shape index (κ1) is 13.8. The zero-order chi connectivity index (χ0) is 15.0. The maximum atomic E-state index is 11.0. The van der Waals surface area contributed by atoms with Crippen molar-refractivity contribution in [1.82, 2.24) is 14.6 Å². The summed E-state index contributed by atoms with van der Waals surface area (Å²) in [5.74, 6) is 1.37. The van der Waals surface area contributed by atoms with Gasteiger partial charge in [-0.15, -0.1) is 0 Å². The summed E-state index contributed by atoms with van der Waals surface area (Å²) < 4.78 is 1.30. The van der Waals surface area contributed by atoms with Gasteiger partial charge in [-0.2, -0.15) is 0 Å². The van der Waals surface area contributed by atoms with E-state index in [0.717, 1.165) is 24.6 Å². The molecular formula is C14H19N5O2. The van der Waals surface area contributed by atoms with Crippen LogP contribution in [0.2, 0.25) is 0 Å². The molecule has 7 heteroatoms. The summed E-state index contributed by atoms with van der Waals surface area (Å²) in [5, 5.41) is 15.4. The summed E-state index contributed by atoms with van der Waals surface area (Å²) in [5.41, 5.74) is 0.496. The molecule has 0 radical (unpaired) electrons. The lowest BCUT2D eigenvalue weighted by Crippen LogP contribution is -2.36. The van der Waals surface area contributed by atoms with Gasteiger partial charge in [-0.3, -0.25) is 0 Å². The summed E-state index contributed by atoms with van der Waals surface area (Å²) in [4.78, 5) is 16.7. The standard InChI is InChI=1S/C14H19N5O2/c1-10-4-3-5-11(8-10)17(2)13-7-6-12-15-9-14(19(20)21)18(12)16-13/h6-7,9-11H,3-5,8H2,1-2H3. The minimum atomic E-state index is -0.459. The highest BCUT2D eigenvalue weighted by Gasteiger charge is 2.25. The van der Waals surface area contributed by atoms with Crippen molar-refractivity contribution < 1.29 is 4.92 Å². The van der Waals surface area contributed by atoms with Gasteiger partial charge in [-0.1, -0.05) is 29.4 Å². The van der Waals surface area contributed by atoms with Crippen molar-refractivity contribution in [1.29, 1.82) is 0 Å². The second-order valence-electron chi connectivity index (χ2n) is 5.87. The Balaban J connectivity index is 1.92. The highest BCUT2D eigenvalue weighted by atomic mass is 16.6. The van der Waals surface area contributed by atoms with Crippen molar-refractivity contribution in [3.63, 3.8) is 0 Å². The van der Waals surface area contributed by atoms with Gasteiger partial charge in [0.2, 0.25) is 5.65 Å². The van der Waals surface area contributed by atoms with E-state index in [9.17, 15) is 10.1 Å². The molecule has 112 valence electrons. The van der Waals surface area contributed by atoms with Crippen molar-refractivity contribution in [3.05, 3.63) is 28.4 Å². The Labute approximate surface area is 122 Å². The third-order valence-electron chi connectivity index (χ3n) is 4.34. The lowest BCUT2D eigenvalue weighted by Gasteiger charge is -2.34. The fourth-order valence-electron chi connectivity index (χ4n) is 3.11. The molecule has 2 aromatic rings. The van der Waals surface area contributed by atoms with Crippen molar-refractivity contribution in [2.75, 3.05) is 11.9 Å². The van der Waals surface area contributed by atoms with Crippen LogP contribution in [-0.2, 0) is 0 Å². The lowest BCUT2D eigenvalue weighted by atomic mass is 9.86. The van der Waals surface area contributed by atoms with E-state index in [0.29, 0.717) is 11.7 Å². The van der Waals surface area contributed by atoms with Gasteiger partial charge in [0, 0.05) is 19.2 Å². The fraction of sp³-hybridized carbons (Fsp3) is 0.571. The first-order chi connectivity index (χ1) is 10.1. The molecule has 1 fully saturated rings. The molecule has 1 aliphatic rings. The van der Waals surface area contributed by atoms with Crippen molar-refractivity contribution in [2.24, 2.45) is 5.92 Å². The number of hydrogen-bond acceptors (Lipinski definition) is 5. The molecule has 2 atom stereocenters. The fourth-order valence-corrected chi connectivity index (χ4v) is 3.11. The van der Waals surface area contributed by atoms with Crippen LogP contribution in [-0.4, -0.2) is 32.6 Å². The van der Waals surface area contributed by atoms with Gasteiger partial charge < -0.3 is 15.0 Å². The lowest BCUT2D eigenvalue weighted by molar-refractivity contribution is -0.391. The highest BCUT2D eigenvalue weighted by Crippen LogP contribution is 2.29. The van der Waals surface area contributed by atoms with Crippen molar-refractivity contribution in [2.45, 2.75) is 38.6 Å². The molecular weight excluding hydrogens is 270 g/mol. The minimum Gasteiger partial charge on any atom is -0.358 e. The van der Waals surface area contributed by atoms with E-state index < -0.39 is 4.92 Å². The van der Waals surface area contributed by atoms with Crippen LogP contribution in [0, 0.1) is 16.0 Å². The Kier molecular flexibility index (Phi) is 3.48. The Morgan fingerprint density at radius 3 is 2.95 bits per heavy atom. The number of nitrogens with zero attached hydrogens (tertiary/aromatic N) is 5. The van der Waals surface area contributed by atoms with Crippen LogP contribution < -0.4 is 4.90 Å². The summed E-state index contributed by atoms with van der Waals surface area (Å²) in [6, 6.07) is 4.10. The highest BCUT2D eigenvalue weighted by molar-refractivity contribution is 5.49. The van der Waals surface area contributed by atoms with E-state index in [1.54, 1.807) is 6.07 Å². The molecule has 0 aliphatic heterocycles. The molecule has 0 amide bonds. The maximum absolute atomic E-state index is 11.0. The number of hydrogen-bond donors (Lipinski definition) is 0. The Morgan fingerprint density at radius 1 is 1.43 bits per heavy atom. The second-order valence-corrected chi connectivity index (χ2v) is 5.87. The molecule has 1 saturated carbocycles. The molecule has 3 rings (SSSR count). The van der Waals surface area contributed by atoms with E-state index in [-0.39, 0.29) is 5.82 Å². The molecule has 0 aromatic carbocycles. The largest absolute Gasteiger partial charge is 0.368 e. The summed E-state index contributed by atoms with van der Waals surface area (Å²) >= 11 is 0. The third kappa shape index (κ3) is 2.55. The topological polar surface area (TPSA) is 76.6 Å². The monoisotopic (exact) mass is 289 g/mol. The van der Waals surface area contributed by atoms with Gasteiger partial charge >= 0.3 is 5.82 Å². The number of anilines is 1. The molecule has 2 unspecified atom stereocenters. The molecule has 2 heterocycles. The molecule has 0 spiro atoms. The van der Waals surface area contributed by atoms with Gasteiger partial charge in [0.1, 0.15) is 6.20 Å². The predicted octanol–water partition coefficient (Wildman–Crippen LogP) is 2.65. The van der Waals surface area contributed by atoms with Crippen LogP contribution in [0.5, 0.6) is 0 Å². The van der Waals surface area contributed by atoms with E-state index in [1.165, 1.54) is 23.6 Å².